The molecule has 1 fully saturated rings. The molecule has 0 spiro atoms. The number of pyridine rings is 1. The molecule has 8 heteroatoms. The minimum Gasteiger partial charge on any atom is -0.497 e. The number of aromatic nitrogens is 3. The molecule has 2 aromatic carbocycles. The molecule has 1 amide bonds. The Balaban J connectivity index is 1.43. The van der Waals surface area contributed by atoms with Gasteiger partial charge in [0.15, 0.2) is 11.2 Å². The van der Waals surface area contributed by atoms with E-state index >= 15 is 0 Å². The topological polar surface area (TPSA) is 109 Å². The molecule has 1 saturated carbocycles. The van der Waals surface area contributed by atoms with Crippen molar-refractivity contribution in [2.45, 2.75) is 31.7 Å². The number of carbonyl (C=O) groups excluding carboxylic acids is 1. The SMILES string of the molecule is COc1ccc(-c2cc(=O)c3cc(CC(=O)Nc4cc(C5CC5)[nH]n4)ccc3n2CCO)cc1. The van der Waals surface area contributed by atoms with Crippen molar-refractivity contribution in [3.8, 4) is 17.0 Å². The van der Waals surface area contributed by atoms with Gasteiger partial charge in [0.05, 0.1) is 31.3 Å². The highest BCUT2D eigenvalue weighted by atomic mass is 16.5. The van der Waals surface area contributed by atoms with Gasteiger partial charge in [0.25, 0.3) is 0 Å². The summed E-state index contributed by atoms with van der Waals surface area (Å²) >= 11 is 0. The highest BCUT2D eigenvalue weighted by molar-refractivity contribution is 5.92. The van der Waals surface area contributed by atoms with Crippen LogP contribution in [0.25, 0.3) is 22.2 Å². The molecular formula is C26H26N4O4. The van der Waals surface area contributed by atoms with Crippen LogP contribution in [0, 0.1) is 0 Å². The molecule has 174 valence electrons. The molecule has 0 aliphatic heterocycles. The molecule has 4 aromatic rings. The Kier molecular flexibility index (Phi) is 5.90. The maximum Gasteiger partial charge on any atom is 0.229 e. The molecule has 2 heterocycles. The zero-order chi connectivity index (χ0) is 23.7. The molecule has 1 aliphatic rings. The molecule has 3 N–H and O–H groups in total. The van der Waals surface area contributed by atoms with Crippen LogP contribution in [0.3, 0.4) is 0 Å². The lowest BCUT2D eigenvalue weighted by molar-refractivity contribution is -0.115. The highest BCUT2D eigenvalue weighted by Crippen LogP contribution is 2.39. The maximum absolute atomic E-state index is 13.0. The summed E-state index contributed by atoms with van der Waals surface area (Å²) in [5.41, 5.74) is 3.91. The van der Waals surface area contributed by atoms with Crippen LogP contribution in [0.5, 0.6) is 5.75 Å². The van der Waals surface area contributed by atoms with Gasteiger partial charge in [0, 0.05) is 35.7 Å². The maximum atomic E-state index is 13.0. The zero-order valence-electron chi connectivity index (χ0n) is 18.9. The van der Waals surface area contributed by atoms with Gasteiger partial charge in [-0.3, -0.25) is 14.7 Å². The number of amides is 1. The summed E-state index contributed by atoms with van der Waals surface area (Å²) in [6.07, 6.45) is 2.43. The largest absolute Gasteiger partial charge is 0.497 e. The second-order valence-corrected chi connectivity index (χ2v) is 8.56. The van der Waals surface area contributed by atoms with E-state index in [4.69, 9.17) is 4.74 Å². The molecule has 5 rings (SSSR count). The number of nitrogens with zero attached hydrogens (tertiary/aromatic N) is 2. The van der Waals surface area contributed by atoms with E-state index in [2.05, 4.69) is 15.5 Å². The lowest BCUT2D eigenvalue weighted by atomic mass is 10.0. The quantitative estimate of drug-likeness (QED) is 0.375. The summed E-state index contributed by atoms with van der Waals surface area (Å²) in [6, 6.07) is 16.3. The summed E-state index contributed by atoms with van der Waals surface area (Å²) in [5.74, 6) is 1.57. The molecule has 0 saturated heterocycles. The fourth-order valence-electron chi connectivity index (χ4n) is 4.25. The number of methoxy groups -OCH3 is 1. The van der Waals surface area contributed by atoms with Crippen LogP contribution in [-0.2, 0) is 17.8 Å². The van der Waals surface area contributed by atoms with Gasteiger partial charge >= 0.3 is 0 Å². The van der Waals surface area contributed by atoms with Gasteiger partial charge in [-0.15, -0.1) is 0 Å². The van der Waals surface area contributed by atoms with E-state index in [1.165, 1.54) is 0 Å². The van der Waals surface area contributed by atoms with E-state index in [0.29, 0.717) is 34.9 Å². The van der Waals surface area contributed by atoms with Gasteiger partial charge in [0.2, 0.25) is 5.91 Å². The Labute approximate surface area is 196 Å². The van der Waals surface area contributed by atoms with E-state index in [1.54, 1.807) is 19.2 Å². The third-order valence-corrected chi connectivity index (χ3v) is 6.13. The van der Waals surface area contributed by atoms with Crippen molar-refractivity contribution in [2.24, 2.45) is 0 Å². The Bertz CT molecular complexity index is 1400. The standard InChI is InChI=1S/C26H26N4O4/c1-34-19-7-5-18(6-8-19)23-15-24(32)20-12-16(2-9-22(20)30(23)10-11-31)13-26(33)27-25-14-21(28-29-25)17-3-4-17/h2,5-9,12,14-15,17,31H,3-4,10-11,13H2,1H3,(H2,27,28,29,33). The van der Waals surface area contributed by atoms with Crippen molar-refractivity contribution in [3.05, 3.63) is 76.1 Å². The van der Waals surface area contributed by atoms with Gasteiger partial charge in [-0.1, -0.05) is 6.07 Å². The van der Waals surface area contributed by atoms with Crippen molar-refractivity contribution in [3.63, 3.8) is 0 Å². The number of anilines is 1. The first-order valence-corrected chi connectivity index (χ1v) is 11.3. The van der Waals surface area contributed by atoms with E-state index in [0.717, 1.165) is 35.4 Å². The molecule has 34 heavy (non-hydrogen) atoms. The van der Waals surface area contributed by atoms with Crippen molar-refractivity contribution < 1.29 is 14.6 Å². The van der Waals surface area contributed by atoms with Crippen molar-refractivity contribution in [1.29, 1.82) is 0 Å². The first-order chi connectivity index (χ1) is 16.6. The predicted molar refractivity (Wildman–Crippen MR) is 130 cm³/mol. The van der Waals surface area contributed by atoms with Crippen molar-refractivity contribution in [2.75, 3.05) is 19.0 Å². The average Bonchev–Trinajstić information content (AvgIpc) is 3.60. The minimum atomic E-state index is -0.196. The minimum absolute atomic E-state index is 0.0716. The first kappa shape index (κ1) is 21.9. The monoisotopic (exact) mass is 458 g/mol. The number of aliphatic hydroxyl groups excluding tert-OH is 1. The van der Waals surface area contributed by atoms with E-state index in [-0.39, 0.29) is 24.4 Å². The van der Waals surface area contributed by atoms with Gasteiger partial charge in [0.1, 0.15) is 5.75 Å². The van der Waals surface area contributed by atoms with Crippen molar-refractivity contribution in [1.82, 2.24) is 14.8 Å². The molecule has 1 aliphatic carbocycles. The van der Waals surface area contributed by atoms with Gasteiger partial charge in [-0.25, -0.2) is 0 Å². The van der Waals surface area contributed by atoms with Crippen LogP contribution in [0.2, 0.25) is 0 Å². The number of hydrogen-bond donors (Lipinski definition) is 3. The van der Waals surface area contributed by atoms with Gasteiger partial charge in [-0.2, -0.15) is 5.10 Å². The number of aromatic amines is 1. The van der Waals surface area contributed by atoms with Crippen LogP contribution < -0.4 is 15.5 Å². The molecule has 0 bridgehead atoms. The van der Waals surface area contributed by atoms with E-state index in [9.17, 15) is 14.7 Å². The summed E-state index contributed by atoms with van der Waals surface area (Å²) in [7, 11) is 1.60. The number of nitrogens with one attached hydrogen (secondary N) is 2. The van der Waals surface area contributed by atoms with Crippen LogP contribution in [0.1, 0.15) is 30.0 Å². The fourth-order valence-corrected chi connectivity index (χ4v) is 4.25. The normalized spacial score (nSPS) is 13.2. The number of hydrogen-bond acceptors (Lipinski definition) is 5. The molecule has 0 unspecified atom stereocenters. The van der Waals surface area contributed by atoms with Crippen LogP contribution in [0.15, 0.2) is 59.4 Å². The zero-order valence-corrected chi connectivity index (χ0v) is 18.9. The Morgan fingerprint density at radius 3 is 2.68 bits per heavy atom. The number of benzene rings is 2. The molecule has 2 aromatic heterocycles. The number of H-pyrrole nitrogens is 1. The second-order valence-electron chi connectivity index (χ2n) is 8.56. The number of fused-ring (bicyclic) bond motifs is 1. The Morgan fingerprint density at radius 2 is 1.97 bits per heavy atom. The molecule has 0 radical (unpaired) electrons. The summed E-state index contributed by atoms with van der Waals surface area (Å²) in [5, 5.41) is 20.1. The van der Waals surface area contributed by atoms with Crippen LogP contribution in [-0.4, -0.2) is 39.5 Å². The summed E-state index contributed by atoms with van der Waals surface area (Å²) < 4.78 is 7.15. The predicted octanol–water partition coefficient (Wildman–Crippen LogP) is 3.45. The van der Waals surface area contributed by atoms with Crippen LogP contribution >= 0.6 is 0 Å². The second kappa shape index (κ2) is 9.15. The van der Waals surface area contributed by atoms with Gasteiger partial charge in [-0.05, 0) is 60.4 Å². The number of rotatable bonds is 8. The molecule has 0 atom stereocenters. The Hall–Kier alpha value is -3.91. The number of ether oxygens (including phenoxy) is 1. The third-order valence-electron chi connectivity index (χ3n) is 6.13. The average molecular weight is 459 g/mol. The summed E-state index contributed by atoms with van der Waals surface area (Å²) in [4.78, 5) is 25.6. The lowest BCUT2D eigenvalue weighted by Crippen LogP contribution is -2.16. The number of aliphatic hydroxyl groups is 1. The molecular weight excluding hydrogens is 432 g/mol. The van der Waals surface area contributed by atoms with E-state index in [1.807, 2.05) is 47.0 Å². The smallest absolute Gasteiger partial charge is 0.229 e. The number of carbonyl (C=O) groups is 1. The Morgan fingerprint density at radius 1 is 1.18 bits per heavy atom. The van der Waals surface area contributed by atoms with E-state index < -0.39 is 0 Å². The van der Waals surface area contributed by atoms with Crippen LogP contribution in [0.4, 0.5) is 5.82 Å². The van der Waals surface area contributed by atoms with Gasteiger partial charge < -0.3 is 19.7 Å². The highest BCUT2D eigenvalue weighted by Gasteiger charge is 2.25. The fraction of sp³-hybridized carbons (Fsp3) is 0.269. The van der Waals surface area contributed by atoms with Crippen molar-refractivity contribution >= 4 is 22.6 Å². The first-order valence-electron chi connectivity index (χ1n) is 11.3. The summed E-state index contributed by atoms with van der Waals surface area (Å²) in [6.45, 7) is 0.262. The lowest BCUT2D eigenvalue weighted by Gasteiger charge is -2.17. The molecule has 8 nitrogen and oxygen atoms in total. The third kappa shape index (κ3) is 4.45.